The number of non-ortho nitro benzene ring substituents is 1. The van der Waals surface area contributed by atoms with Gasteiger partial charge in [-0.3, -0.25) is 19.2 Å². The molecular formula is C27H29N5O7S. The Morgan fingerprint density at radius 1 is 1.12 bits per heavy atom. The first-order valence-electron chi connectivity index (χ1n) is 12.4. The lowest BCUT2D eigenvalue weighted by Crippen LogP contribution is -2.39. The van der Waals surface area contributed by atoms with Crippen molar-refractivity contribution in [3.05, 3.63) is 88.0 Å². The standard InChI is InChI=1S/C27H29N5O7S/c1-20-3-5-22(6-4-20)31(40(36,37)25-10-8-24(38-2)9-11-25)19-27(33)29-28-18-21-17-23(32(34)35)7-12-26(21)30-13-15-39-16-14-30/h3-12,17-18H,13-16,19H2,1-2H3,(H,29,33)/b28-18+. The second-order valence-corrected chi connectivity index (χ2v) is 10.8. The molecule has 12 nitrogen and oxygen atoms in total. The van der Waals surface area contributed by atoms with Crippen LogP contribution in [0.1, 0.15) is 11.1 Å². The van der Waals surface area contributed by atoms with Crippen LogP contribution in [-0.4, -0.2) is 65.4 Å². The summed E-state index contributed by atoms with van der Waals surface area (Å²) in [6.45, 7) is 3.54. The smallest absolute Gasteiger partial charge is 0.270 e. The minimum atomic E-state index is -4.13. The Labute approximate surface area is 232 Å². The Hall–Kier alpha value is -4.49. The topological polar surface area (TPSA) is 144 Å². The number of carbonyl (C=O) groups is 1. The maximum atomic E-state index is 13.6. The number of morpholine rings is 1. The average Bonchev–Trinajstić information content (AvgIpc) is 2.97. The van der Waals surface area contributed by atoms with Crippen LogP contribution in [0.4, 0.5) is 17.1 Å². The van der Waals surface area contributed by atoms with E-state index < -0.39 is 27.4 Å². The highest BCUT2D eigenvalue weighted by Crippen LogP contribution is 2.27. The first kappa shape index (κ1) is 28.5. The van der Waals surface area contributed by atoms with Gasteiger partial charge in [-0.05, 0) is 49.4 Å². The van der Waals surface area contributed by atoms with E-state index in [1.165, 1.54) is 49.7 Å². The number of anilines is 2. The quantitative estimate of drug-likeness (QED) is 0.224. The van der Waals surface area contributed by atoms with Crippen molar-refractivity contribution in [3.8, 4) is 5.75 Å². The number of aryl methyl sites for hydroxylation is 1. The van der Waals surface area contributed by atoms with Crippen molar-refractivity contribution in [2.75, 3.05) is 49.2 Å². The normalized spacial score (nSPS) is 13.7. The third-order valence-corrected chi connectivity index (χ3v) is 8.01. The largest absolute Gasteiger partial charge is 0.497 e. The van der Waals surface area contributed by atoms with Crippen LogP contribution in [0, 0.1) is 17.0 Å². The summed E-state index contributed by atoms with van der Waals surface area (Å²) in [5.74, 6) is -0.210. The number of benzene rings is 3. The molecule has 1 amide bonds. The van der Waals surface area contributed by atoms with Gasteiger partial charge >= 0.3 is 0 Å². The lowest BCUT2D eigenvalue weighted by atomic mass is 10.1. The fourth-order valence-electron chi connectivity index (χ4n) is 4.09. The third-order valence-electron chi connectivity index (χ3n) is 6.22. The van der Waals surface area contributed by atoms with Gasteiger partial charge in [-0.2, -0.15) is 5.10 Å². The number of sulfonamides is 1. The van der Waals surface area contributed by atoms with Gasteiger partial charge in [0.25, 0.3) is 21.6 Å². The van der Waals surface area contributed by atoms with Crippen LogP contribution >= 0.6 is 0 Å². The molecule has 0 spiro atoms. The van der Waals surface area contributed by atoms with Gasteiger partial charge in [0.15, 0.2) is 0 Å². The summed E-state index contributed by atoms with van der Waals surface area (Å²) in [6.07, 6.45) is 1.31. The van der Waals surface area contributed by atoms with Gasteiger partial charge in [0.2, 0.25) is 0 Å². The van der Waals surface area contributed by atoms with Crippen molar-refractivity contribution in [1.82, 2.24) is 5.43 Å². The molecule has 0 aromatic heterocycles. The number of hydrogen-bond acceptors (Lipinski definition) is 9. The molecule has 1 saturated heterocycles. The zero-order valence-electron chi connectivity index (χ0n) is 22.0. The molecular weight excluding hydrogens is 538 g/mol. The molecule has 1 aliphatic rings. The van der Waals surface area contributed by atoms with E-state index in [2.05, 4.69) is 10.5 Å². The number of nitro groups is 1. The Balaban J connectivity index is 1.57. The van der Waals surface area contributed by atoms with Crippen molar-refractivity contribution >= 4 is 39.2 Å². The number of carbonyl (C=O) groups excluding carboxylic acids is 1. The van der Waals surface area contributed by atoms with Gasteiger partial charge in [0.1, 0.15) is 12.3 Å². The molecule has 0 unspecified atom stereocenters. The molecule has 0 saturated carbocycles. The molecule has 4 rings (SSSR count). The molecule has 0 radical (unpaired) electrons. The van der Waals surface area contributed by atoms with Gasteiger partial charge in [-0.25, -0.2) is 13.8 Å². The molecule has 210 valence electrons. The summed E-state index contributed by atoms with van der Waals surface area (Å²) < 4.78 is 38.6. The van der Waals surface area contributed by atoms with E-state index in [0.29, 0.717) is 49.0 Å². The number of nitrogens with zero attached hydrogens (tertiary/aromatic N) is 4. The minimum Gasteiger partial charge on any atom is -0.497 e. The highest BCUT2D eigenvalue weighted by molar-refractivity contribution is 7.92. The lowest BCUT2D eigenvalue weighted by Gasteiger charge is -2.29. The summed E-state index contributed by atoms with van der Waals surface area (Å²) in [6, 6.07) is 17.0. The van der Waals surface area contributed by atoms with Crippen LogP contribution in [0.15, 0.2) is 76.7 Å². The second-order valence-electron chi connectivity index (χ2n) is 8.92. The monoisotopic (exact) mass is 567 g/mol. The van der Waals surface area contributed by atoms with E-state index in [0.717, 1.165) is 9.87 Å². The molecule has 0 atom stereocenters. The van der Waals surface area contributed by atoms with Crippen LogP contribution < -0.4 is 19.4 Å². The van der Waals surface area contributed by atoms with E-state index in [1.54, 1.807) is 30.3 Å². The third kappa shape index (κ3) is 6.74. The molecule has 13 heteroatoms. The highest BCUT2D eigenvalue weighted by Gasteiger charge is 2.27. The van der Waals surface area contributed by atoms with Crippen LogP contribution in [0.5, 0.6) is 5.75 Å². The minimum absolute atomic E-state index is 0.0167. The fraction of sp³-hybridized carbons (Fsp3) is 0.259. The van der Waals surface area contributed by atoms with Crippen LogP contribution in [0.3, 0.4) is 0 Å². The van der Waals surface area contributed by atoms with Crippen LogP contribution in [0.25, 0.3) is 0 Å². The van der Waals surface area contributed by atoms with Gasteiger partial charge < -0.3 is 14.4 Å². The van der Waals surface area contributed by atoms with Gasteiger partial charge in [0, 0.05) is 36.5 Å². The molecule has 3 aromatic carbocycles. The van der Waals surface area contributed by atoms with Gasteiger partial charge in [-0.1, -0.05) is 17.7 Å². The zero-order valence-corrected chi connectivity index (χ0v) is 22.8. The predicted octanol–water partition coefficient (Wildman–Crippen LogP) is 3.09. The summed E-state index contributed by atoms with van der Waals surface area (Å²) in [5.41, 5.74) is 4.59. The first-order chi connectivity index (χ1) is 19.2. The number of ether oxygens (including phenoxy) is 2. The van der Waals surface area contributed by atoms with Crippen LogP contribution in [-0.2, 0) is 19.6 Å². The average molecular weight is 568 g/mol. The number of hydrazone groups is 1. The molecule has 1 aliphatic heterocycles. The maximum absolute atomic E-state index is 13.6. The molecule has 40 heavy (non-hydrogen) atoms. The van der Waals surface area contributed by atoms with Gasteiger partial charge in [0.05, 0.1) is 42.0 Å². The molecule has 1 fully saturated rings. The summed E-state index contributed by atoms with van der Waals surface area (Å²) in [5, 5.41) is 15.3. The van der Waals surface area contributed by atoms with Crippen LogP contribution in [0.2, 0.25) is 0 Å². The van der Waals surface area contributed by atoms with E-state index >= 15 is 0 Å². The highest BCUT2D eigenvalue weighted by atomic mass is 32.2. The number of methoxy groups -OCH3 is 1. The number of nitrogens with one attached hydrogen (secondary N) is 1. The number of amides is 1. The Bertz CT molecular complexity index is 1490. The van der Waals surface area contributed by atoms with Crippen molar-refractivity contribution in [2.24, 2.45) is 5.10 Å². The molecule has 1 heterocycles. The SMILES string of the molecule is COc1ccc(S(=O)(=O)N(CC(=O)N/N=C/c2cc([N+](=O)[O-])ccc2N2CCOCC2)c2ccc(C)cc2)cc1. The van der Waals surface area contributed by atoms with E-state index in [9.17, 15) is 23.3 Å². The predicted molar refractivity (Wildman–Crippen MR) is 151 cm³/mol. The van der Waals surface area contributed by atoms with Crippen molar-refractivity contribution < 1.29 is 27.6 Å². The number of rotatable bonds is 10. The van der Waals surface area contributed by atoms with Gasteiger partial charge in [-0.15, -0.1) is 0 Å². The number of hydrogen-bond donors (Lipinski definition) is 1. The molecule has 0 aliphatic carbocycles. The Morgan fingerprint density at radius 3 is 2.42 bits per heavy atom. The first-order valence-corrected chi connectivity index (χ1v) is 13.8. The zero-order chi connectivity index (χ0) is 28.7. The van der Waals surface area contributed by atoms with E-state index in [1.807, 2.05) is 11.8 Å². The second kappa shape index (κ2) is 12.6. The summed E-state index contributed by atoms with van der Waals surface area (Å²) in [4.78, 5) is 25.8. The molecule has 3 aromatic rings. The number of nitro benzene ring substituents is 1. The molecule has 0 bridgehead atoms. The van der Waals surface area contributed by atoms with Crippen molar-refractivity contribution in [2.45, 2.75) is 11.8 Å². The summed E-state index contributed by atoms with van der Waals surface area (Å²) in [7, 11) is -2.65. The Kier molecular flexibility index (Phi) is 8.97. The summed E-state index contributed by atoms with van der Waals surface area (Å²) >= 11 is 0. The van der Waals surface area contributed by atoms with E-state index in [4.69, 9.17) is 9.47 Å². The Morgan fingerprint density at radius 2 is 1.80 bits per heavy atom. The lowest BCUT2D eigenvalue weighted by molar-refractivity contribution is -0.384. The van der Waals surface area contributed by atoms with Crippen molar-refractivity contribution in [3.63, 3.8) is 0 Å². The fourth-order valence-corrected chi connectivity index (χ4v) is 5.51. The molecule has 1 N–H and O–H groups in total. The van der Waals surface area contributed by atoms with E-state index in [-0.39, 0.29) is 10.6 Å². The maximum Gasteiger partial charge on any atom is 0.270 e. The van der Waals surface area contributed by atoms with Crippen molar-refractivity contribution in [1.29, 1.82) is 0 Å².